The lowest BCUT2D eigenvalue weighted by molar-refractivity contribution is -0.133. The third-order valence-corrected chi connectivity index (χ3v) is 3.29. The Morgan fingerprint density at radius 3 is 2.58 bits per heavy atom. The van der Waals surface area contributed by atoms with Gasteiger partial charge in [0.15, 0.2) is 5.78 Å². The maximum absolute atomic E-state index is 12.0. The molecule has 134 valence electrons. The van der Waals surface area contributed by atoms with Crippen molar-refractivity contribution < 1.29 is 23.9 Å². The first-order valence-electron chi connectivity index (χ1n) is 7.80. The van der Waals surface area contributed by atoms with E-state index in [4.69, 9.17) is 4.74 Å². The quantitative estimate of drug-likeness (QED) is 0.646. The summed E-state index contributed by atoms with van der Waals surface area (Å²) in [5.41, 5.74) is -0.659. The zero-order valence-electron chi connectivity index (χ0n) is 14.4. The Bertz CT molecular complexity index is 524. The molecule has 1 aliphatic heterocycles. The Morgan fingerprint density at radius 1 is 1.42 bits per heavy atom. The molecule has 0 saturated carbocycles. The van der Waals surface area contributed by atoms with Crippen LogP contribution < -0.4 is 10.6 Å². The summed E-state index contributed by atoms with van der Waals surface area (Å²) >= 11 is 0. The summed E-state index contributed by atoms with van der Waals surface area (Å²) in [7, 11) is 0. The van der Waals surface area contributed by atoms with E-state index in [1.807, 2.05) is 0 Å². The van der Waals surface area contributed by atoms with Crippen molar-refractivity contribution in [3.8, 4) is 0 Å². The van der Waals surface area contributed by atoms with Crippen LogP contribution in [0.4, 0.5) is 4.79 Å². The van der Waals surface area contributed by atoms with Crippen molar-refractivity contribution in [3.63, 3.8) is 0 Å². The SMILES string of the molecule is C=CC(=O)N(CC(=O)CNC(=O)OC(C)(C)C)CC1CCNC1=O. The van der Waals surface area contributed by atoms with Gasteiger partial charge >= 0.3 is 6.09 Å². The fourth-order valence-corrected chi connectivity index (χ4v) is 2.20. The fourth-order valence-electron chi connectivity index (χ4n) is 2.20. The molecule has 0 radical (unpaired) electrons. The molecule has 1 fully saturated rings. The number of carbonyl (C=O) groups is 4. The van der Waals surface area contributed by atoms with E-state index in [0.29, 0.717) is 13.0 Å². The van der Waals surface area contributed by atoms with Crippen LogP contribution in [0.25, 0.3) is 0 Å². The highest BCUT2D eigenvalue weighted by atomic mass is 16.6. The molecule has 8 heteroatoms. The molecular formula is C16H25N3O5. The molecule has 1 saturated heterocycles. The van der Waals surface area contributed by atoms with Crippen LogP contribution in [0.3, 0.4) is 0 Å². The third-order valence-electron chi connectivity index (χ3n) is 3.29. The van der Waals surface area contributed by atoms with Crippen LogP contribution in [-0.2, 0) is 19.1 Å². The first-order chi connectivity index (χ1) is 11.1. The van der Waals surface area contributed by atoms with Crippen molar-refractivity contribution in [1.82, 2.24) is 15.5 Å². The molecule has 3 amide bonds. The van der Waals surface area contributed by atoms with Crippen LogP contribution in [0.2, 0.25) is 0 Å². The highest BCUT2D eigenvalue weighted by Gasteiger charge is 2.28. The van der Waals surface area contributed by atoms with Gasteiger partial charge in [-0.3, -0.25) is 14.4 Å². The maximum atomic E-state index is 12.0. The predicted molar refractivity (Wildman–Crippen MR) is 87.1 cm³/mol. The lowest BCUT2D eigenvalue weighted by Gasteiger charge is -2.23. The van der Waals surface area contributed by atoms with Crippen molar-refractivity contribution in [2.45, 2.75) is 32.8 Å². The number of ketones is 1. The van der Waals surface area contributed by atoms with Crippen molar-refractivity contribution in [3.05, 3.63) is 12.7 Å². The van der Waals surface area contributed by atoms with E-state index in [1.165, 1.54) is 4.90 Å². The summed E-state index contributed by atoms with van der Waals surface area (Å²) in [6.07, 6.45) is 1.01. The van der Waals surface area contributed by atoms with E-state index in [-0.39, 0.29) is 37.2 Å². The normalized spacial score (nSPS) is 17.0. The lowest BCUT2D eigenvalue weighted by atomic mass is 10.1. The number of hydrogen-bond acceptors (Lipinski definition) is 5. The van der Waals surface area contributed by atoms with Crippen molar-refractivity contribution in [1.29, 1.82) is 0 Å². The minimum Gasteiger partial charge on any atom is -0.444 e. The smallest absolute Gasteiger partial charge is 0.408 e. The van der Waals surface area contributed by atoms with Crippen molar-refractivity contribution in [2.24, 2.45) is 5.92 Å². The summed E-state index contributed by atoms with van der Waals surface area (Å²) < 4.78 is 5.03. The van der Waals surface area contributed by atoms with Gasteiger partial charge in [0, 0.05) is 13.1 Å². The Balaban J connectivity index is 2.52. The molecule has 1 heterocycles. The average Bonchev–Trinajstić information content (AvgIpc) is 2.87. The van der Waals surface area contributed by atoms with E-state index >= 15 is 0 Å². The Labute approximate surface area is 141 Å². The Kier molecular flexibility index (Phi) is 6.94. The van der Waals surface area contributed by atoms with Crippen LogP contribution >= 0.6 is 0 Å². The van der Waals surface area contributed by atoms with Gasteiger partial charge in [-0.15, -0.1) is 0 Å². The number of amides is 3. The van der Waals surface area contributed by atoms with Crippen LogP contribution in [0.15, 0.2) is 12.7 Å². The van der Waals surface area contributed by atoms with E-state index < -0.39 is 17.6 Å². The molecule has 0 aromatic rings. The summed E-state index contributed by atoms with van der Waals surface area (Å²) in [6, 6.07) is 0. The number of nitrogens with one attached hydrogen (secondary N) is 2. The Morgan fingerprint density at radius 2 is 2.08 bits per heavy atom. The number of hydrogen-bond donors (Lipinski definition) is 2. The van der Waals surface area contributed by atoms with Gasteiger partial charge in [0.2, 0.25) is 11.8 Å². The van der Waals surface area contributed by atoms with E-state index in [9.17, 15) is 19.2 Å². The molecule has 0 aromatic heterocycles. The number of nitrogens with zero attached hydrogens (tertiary/aromatic N) is 1. The number of rotatable bonds is 7. The van der Waals surface area contributed by atoms with Crippen LogP contribution in [-0.4, -0.2) is 60.4 Å². The van der Waals surface area contributed by atoms with E-state index in [0.717, 1.165) is 6.08 Å². The van der Waals surface area contributed by atoms with Gasteiger partial charge in [-0.2, -0.15) is 0 Å². The minimum absolute atomic E-state index is 0.129. The molecule has 1 aliphatic rings. The Hall–Kier alpha value is -2.38. The minimum atomic E-state index is -0.701. The van der Waals surface area contributed by atoms with Gasteiger partial charge in [0.1, 0.15) is 5.60 Å². The summed E-state index contributed by atoms with van der Waals surface area (Å²) in [4.78, 5) is 48.3. The first-order valence-corrected chi connectivity index (χ1v) is 7.80. The highest BCUT2D eigenvalue weighted by Crippen LogP contribution is 2.12. The lowest BCUT2D eigenvalue weighted by Crippen LogP contribution is -2.43. The molecule has 1 rings (SSSR count). The topological polar surface area (TPSA) is 105 Å². The molecular weight excluding hydrogens is 314 g/mol. The molecule has 0 spiro atoms. The number of ether oxygens (including phenoxy) is 1. The fraction of sp³-hybridized carbons (Fsp3) is 0.625. The zero-order valence-corrected chi connectivity index (χ0v) is 14.4. The predicted octanol–water partition coefficient (Wildman–Crippen LogP) is 0.231. The van der Waals surface area contributed by atoms with Crippen molar-refractivity contribution in [2.75, 3.05) is 26.2 Å². The van der Waals surface area contributed by atoms with E-state index in [1.54, 1.807) is 20.8 Å². The van der Waals surface area contributed by atoms with Crippen LogP contribution in [0.5, 0.6) is 0 Å². The number of alkyl carbamates (subject to hydrolysis) is 1. The van der Waals surface area contributed by atoms with E-state index in [2.05, 4.69) is 17.2 Å². The summed E-state index contributed by atoms with van der Waals surface area (Å²) in [6.45, 7) is 8.80. The largest absolute Gasteiger partial charge is 0.444 e. The number of carbonyl (C=O) groups excluding carboxylic acids is 4. The van der Waals surface area contributed by atoms with Gasteiger partial charge in [-0.25, -0.2) is 4.79 Å². The standard InChI is InChI=1S/C16H25N3O5/c1-5-13(21)19(9-11-6-7-17-14(11)22)10-12(20)8-18-15(23)24-16(2,3)4/h5,11H,1,6-10H2,2-4H3,(H,17,22)(H,18,23). The zero-order chi connectivity index (χ0) is 18.3. The van der Waals surface area contributed by atoms with Crippen molar-refractivity contribution >= 4 is 23.7 Å². The summed E-state index contributed by atoms with van der Waals surface area (Å²) in [5, 5.41) is 5.04. The number of Topliss-reactive ketones (excluding diaryl/α,β-unsaturated/α-hetero) is 1. The van der Waals surface area contributed by atoms with Crippen LogP contribution in [0.1, 0.15) is 27.2 Å². The summed E-state index contributed by atoms with van der Waals surface area (Å²) in [5.74, 6) is -1.26. The molecule has 1 unspecified atom stereocenters. The van der Waals surface area contributed by atoms with Gasteiger partial charge in [-0.05, 0) is 33.3 Å². The van der Waals surface area contributed by atoms with Crippen LogP contribution in [0, 0.1) is 5.92 Å². The van der Waals surface area contributed by atoms with Gasteiger partial charge < -0.3 is 20.3 Å². The van der Waals surface area contributed by atoms with Gasteiger partial charge in [0.05, 0.1) is 19.0 Å². The van der Waals surface area contributed by atoms with Gasteiger partial charge in [-0.1, -0.05) is 6.58 Å². The highest BCUT2D eigenvalue weighted by molar-refractivity contribution is 5.93. The third kappa shape index (κ3) is 6.80. The first kappa shape index (κ1) is 19.7. The van der Waals surface area contributed by atoms with Gasteiger partial charge in [0.25, 0.3) is 0 Å². The molecule has 0 bridgehead atoms. The average molecular weight is 339 g/mol. The molecule has 8 nitrogen and oxygen atoms in total. The second kappa shape index (κ2) is 8.47. The molecule has 24 heavy (non-hydrogen) atoms. The maximum Gasteiger partial charge on any atom is 0.408 e. The second-order valence-electron chi connectivity index (χ2n) is 6.59. The molecule has 0 aliphatic carbocycles. The second-order valence-corrected chi connectivity index (χ2v) is 6.59. The molecule has 2 N–H and O–H groups in total. The monoisotopic (exact) mass is 339 g/mol. The molecule has 0 aromatic carbocycles. The molecule has 1 atom stereocenters.